The Morgan fingerprint density at radius 3 is 2.37 bits per heavy atom. The van der Waals surface area contributed by atoms with Gasteiger partial charge in [-0.2, -0.15) is 0 Å². The summed E-state index contributed by atoms with van der Waals surface area (Å²) in [6.07, 6.45) is 0.00232. The Morgan fingerprint density at radius 1 is 1.03 bits per heavy atom. The molecule has 0 aliphatic carbocycles. The third-order valence-electron chi connectivity index (χ3n) is 6.71. The second-order valence-corrected chi connectivity index (χ2v) is 8.43. The summed E-state index contributed by atoms with van der Waals surface area (Å²) in [5, 5.41) is 17.9. The lowest BCUT2D eigenvalue weighted by Gasteiger charge is -2.29. The summed E-state index contributed by atoms with van der Waals surface area (Å²) in [7, 11) is 0. The summed E-state index contributed by atoms with van der Waals surface area (Å²) in [6.45, 7) is 0.729. The molecule has 3 heterocycles. The molecule has 0 unspecified atom stereocenters. The average Bonchev–Trinajstić information content (AvgIpc) is 3.33. The maximum Gasteiger partial charge on any atom is 0.235 e. The van der Waals surface area contributed by atoms with Gasteiger partial charge >= 0.3 is 0 Å². The van der Waals surface area contributed by atoms with Crippen molar-refractivity contribution in [2.75, 3.05) is 6.54 Å². The first kappa shape index (κ1) is 19.0. The molecule has 5 atom stereocenters. The van der Waals surface area contributed by atoms with Gasteiger partial charge in [0.1, 0.15) is 5.84 Å². The van der Waals surface area contributed by atoms with Crippen molar-refractivity contribution in [2.45, 2.75) is 31.2 Å². The molecule has 0 radical (unpaired) electrons. The Hall–Kier alpha value is -3.03. The number of amidine groups is 1. The van der Waals surface area contributed by atoms with E-state index in [1.807, 2.05) is 42.5 Å². The van der Waals surface area contributed by atoms with Crippen LogP contribution >= 0.6 is 0 Å². The van der Waals surface area contributed by atoms with Crippen LogP contribution in [0.25, 0.3) is 0 Å². The smallest absolute Gasteiger partial charge is 0.235 e. The Balaban J connectivity index is 1.51. The lowest BCUT2D eigenvalue weighted by molar-refractivity contribution is -0.142. The molecule has 0 saturated carbocycles. The van der Waals surface area contributed by atoms with E-state index in [1.54, 1.807) is 12.1 Å². The molecule has 3 fully saturated rings. The number of carbonyl (C=O) groups excluding carboxylic acids is 2. The van der Waals surface area contributed by atoms with Crippen molar-refractivity contribution in [3.8, 4) is 0 Å². The molecular formula is C23H24N4O3. The van der Waals surface area contributed by atoms with E-state index in [0.717, 1.165) is 11.1 Å². The molecule has 2 aromatic carbocycles. The number of likely N-dealkylation sites (tertiary alicyclic amines) is 1. The number of carbonyl (C=O) groups is 2. The van der Waals surface area contributed by atoms with E-state index in [9.17, 15) is 14.7 Å². The van der Waals surface area contributed by atoms with Crippen LogP contribution < -0.4 is 5.73 Å². The van der Waals surface area contributed by atoms with Gasteiger partial charge < -0.3 is 10.8 Å². The van der Waals surface area contributed by atoms with Crippen LogP contribution in [0.2, 0.25) is 0 Å². The first-order chi connectivity index (χ1) is 14.5. The van der Waals surface area contributed by atoms with Crippen LogP contribution in [-0.4, -0.2) is 51.2 Å². The number of nitrogens with two attached hydrogens (primary N) is 1. The van der Waals surface area contributed by atoms with E-state index in [-0.39, 0.29) is 36.3 Å². The molecule has 0 aromatic heterocycles. The standard InChI is InChI=1S/C23H24N4O3/c24-21(25)15-8-6-14(7-9-15)20-19-18(17-10-16(28)12-26(17)20)22(29)27(23(19)30)11-13-4-2-1-3-5-13/h1-9,16-20,28H,10-12H2,(H3,24,25)/t16-,17-,18+,19-,20+/m0/s1. The maximum atomic E-state index is 13.4. The predicted octanol–water partition coefficient (Wildman–Crippen LogP) is 1.26. The normalized spacial score (nSPS) is 30.6. The van der Waals surface area contributed by atoms with Crippen LogP contribution in [0.3, 0.4) is 0 Å². The summed E-state index contributed by atoms with van der Waals surface area (Å²) in [6, 6.07) is 16.4. The van der Waals surface area contributed by atoms with Crippen molar-refractivity contribution in [1.29, 1.82) is 5.41 Å². The van der Waals surface area contributed by atoms with Crippen LogP contribution in [0, 0.1) is 17.2 Å². The number of fused-ring (bicyclic) bond motifs is 3. The molecular weight excluding hydrogens is 380 g/mol. The van der Waals surface area contributed by atoms with E-state index >= 15 is 0 Å². The topological polar surface area (TPSA) is 111 Å². The van der Waals surface area contributed by atoms with Gasteiger partial charge in [-0.05, 0) is 17.5 Å². The number of amides is 2. The fraction of sp³-hybridized carbons (Fsp3) is 0.348. The van der Waals surface area contributed by atoms with Gasteiger partial charge in [-0.25, -0.2) is 0 Å². The lowest BCUT2D eigenvalue weighted by atomic mass is 9.85. The minimum atomic E-state index is -0.499. The Labute approximate surface area is 174 Å². The third-order valence-corrected chi connectivity index (χ3v) is 6.71. The first-order valence-electron chi connectivity index (χ1n) is 10.2. The average molecular weight is 404 g/mol. The molecule has 7 heteroatoms. The fourth-order valence-electron chi connectivity index (χ4n) is 5.44. The molecule has 2 aromatic rings. The number of imide groups is 1. The molecule has 30 heavy (non-hydrogen) atoms. The van der Waals surface area contributed by atoms with Gasteiger partial charge in [-0.3, -0.25) is 24.8 Å². The summed E-state index contributed by atoms with van der Waals surface area (Å²) < 4.78 is 0. The largest absolute Gasteiger partial charge is 0.392 e. The van der Waals surface area contributed by atoms with Crippen molar-refractivity contribution < 1.29 is 14.7 Å². The van der Waals surface area contributed by atoms with Crippen molar-refractivity contribution >= 4 is 17.6 Å². The Kier molecular flexibility index (Phi) is 4.45. The molecule has 7 nitrogen and oxygen atoms in total. The van der Waals surface area contributed by atoms with Gasteiger partial charge in [0.15, 0.2) is 0 Å². The molecule has 154 valence electrons. The number of benzene rings is 2. The second-order valence-electron chi connectivity index (χ2n) is 8.43. The summed E-state index contributed by atoms with van der Waals surface area (Å²) >= 11 is 0. The highest BCUT2D eigenvalue weighted by molar-refractivity contribution is 6.06. The number of aliphatic hydroxyl groups excluding tert-OH is 1. The van der Waals surface area contributed by atoms with Crippen molar-refractivity contribution in [3.05, 3.63) is 71.3 Å². The number of nitrogens with zero attached hydrogens (tertiary/aromatic N) is 2. The summed E-state index contributed by atoms with van der Waals surface area (Å²) in [5.41, 5.74) is 8.02. The van der Waals surface area contributed by atoms with Crippen molar-refractivity contribution in [2.24, 2.45) is 17.6 Å². The van der Waals surface area contributed by atoms with Gasteiger partial charge in [0.2, 0.25) is 11.8 Å². The van der Waals surface area contributed by atoms with Crippen LogP contribution in [0.5, 0.6) is 0 Å². The highest BCUT2D eigenvalue weighted by Gasteiger charge is 2.63. The Morgan fingerprint density at radius 2 is 1.70 bits per heavy atom. The first-order valence-corrected chi connectivity index (χ1v) is 10.2. The number of hydrogen-bond donors (Lipinski definition) is 3. The highest BCUT2D eigenvalue weighted by atomic mass is 16.3. The molecule has 3 saturated heterocycles. The zero-order chi connectivity index (χ0) is 21.0. The SMILES string of the molecule is N=C(N)c1ccc([C@@H]2[C@H]3C(=O)N(Cc4ccccc4)C(=O)[C@@H]3[C@@H]3C[C@H](O)CN23)cc1. The summed E-state index contributed by atoms with van der Waals surface area (Å²) in [4.78, 5) is 30.3. The number of aliphatic hydroxyl groups is 1. The predicted molar refractivity (Wildman–Crippen MR) is 110 cm³/mol. The molecule has 2 amide bonds. The van der Waals surface area contributed by atoms with Gasteiger partial charge in [0.05, 0.1) is 24.5 Å². The molecule has 5 rings (SSSR count). The Bertz CT molecular complexity index is 1010. The third kappa shape index (κ3) is 2.85. The molecule has 4 N–H and O–H groups in total. The van der Waals surface area contributed by atoms with E-state index in [4.69, 9.17) is 11.1 Å². The van der Waals surface area contributed by atoms with Gasteiger partial charge in [-0.1, -0.05) is 54.6 Å². The summed E-state index contributed by atoms with van der Waals surface area (Å²) in [5.74, 6) is -1.18. The monoisotopic (exact) mass is 404 g/mol. The lowest BCUT2D eigenvalue weighted by Crippen LogP contribution is -2.39. The second kappa shape index (κ2) is 7.04. The van der Waals surface area contributed by atoms with Crippen LogP contribution in [0.15, 0.2) is 54.6 Å². The zero-order valence-electron chi connectivity index (χ0n) is 16.4. The minimum Gasteiger partial charge on any atom is -0.392 e. The van der Waals surface area contributed by atoms with Crippen LogP contribution in [-0.2, 0) is 16.1 Å². The van der Waals surface area contributed by atoms with Gasteiger partial charge in [0.25, 0.3) is 0 Å². The van der Waals surface area contributed by atoms with E-state index in [2.05, 4.69) is 4.90 Å². The number of hydrogen-bond acceptors (Lipinski definition) is 5. The quantitative estimate of drug-likeness (QED) is 0.404. The molecule has 3 aliphatic heterocycles. The molecule has 0 bridgehead atoms. The molecule has 0 spiro atoms. The van der Waals surface area contributed by atoms with Gasteiger partial charge in [0, 0.05) is 24.2 Å². The number of rotatable bonds is 4. The minimum absolute atomic E-state index is 0.0125. The highest BCUT2D eigenvalue weighted by Crippen LogP contribution is 2.53. The van der Waals surface area contributed by atoms with Gasteiger partial charge in [-0.15, -0.1) is 0 Å². The van der Waals surface area contributed by atoms with E-state index in [0.29, 0.717) is 18.5 Å². The molecule has 3 aliphatic rings. The van der Waals surface area contributed by atoms with Crippen molar-refractivity contribution in [1.82, 2.24) is 9.80 Å². The van der Waals surface area contributed by atoms with E-state index in [1.165, 1.54) is 4.90 Å². The number of nitrogens with one attached hydrogen (secondary N) is 1. The maximum absolute atomic E-state index is 13.4. The van der Waals surface area contributed by atoms with Crippen LogP contribution in [0.1, 0.15) is 29.2 Å². The number of nitrogen functional groups attached to an aromatic ring is 1. The zero-order valence-corrected chi connectivity index (χ0v) is 16.4. The van der Waals surface area contributed by atoms with E-state index < -0.39 is 17.9 Å². The van der Waals surface area contributed by atoms with Crippen LogP contribution in [0.4, 0.5) is 0 Å². The van der Waals surface area contributed by atoms with Crippen molar-refractivity contribution in [3.63, 3.8) is 0 Å². The fourth-order valence-corrected chi connectivity index (χ4v) is 5.44.